The first-order chi connectivity index (χ1) is 6.75. The van der Waals surface area contributed by atoms with Crippen LogP contribution in [0, 0.1) is 5.41 Å². The number of nitrogens with one attached hydrogen (secondary N) is 1. The molecule has 0 saturated heterocycles. The van der Waals surface area contributed by atoms with Crippen molar-refractivity contribution < 1.29 is 0 Å². The molecule has 0 unspecified atom stereocenters. The molecule has 80 valence electrons. The third kappa shape index (κ3) is 3.02. The Morgan fingerprint density at radius 2 is 2.33 bits per heavy atom. The van der Waals surface area contributed by atoms with Gasteiger partial charge in [-0.15, -0.1) is 23.7 Å². The predicted molar refractivity (Wildman–Crippen MR) is 61.6 cm³/mol. The van der Waals surface area contributed by atoms with Gasteiger partial charge in [0.05, 0.1) is 6.54 Å². The van der Waals surface area contributed by atoms with Crippen molar-refractivity contribution in [1.82, 2.24) is 14.8 Å². The summed E-state index contributed by atoms with van der Waals surface area (Å²) in [5.41, 5.74) is 0.372. The van der Waals surface area contributed by atoms with Crippen LogP contribution in [0.3, 0.4) is 0 Å². The fourth-order valence-corrected chi connectivity index (χ4v) is 1.99. The fourth-order valence-electron chi connectivity index (χ4n) is 1.03. The van der Waals surface area contributed by atoms with E-state index in [1.807, 2.05) is 0 Å². The summed E-state index contributed by atoms with van der Waals surface area (Å²) in [6, 6.07) is 3.42. The van der Waals surface area contributed by atoms with Gasteiger partial charge >= 0.3 is 0 Å². The molecule has 2 aromatic heterocycles. The smallest absolute Gasteiger partial charge is 0.183 e. The molecule has 1 N–H and O–H groups in total. The molecular formula is C8H8Cl2N4S. The van der Waals surface area contributed by atoms with Crippen molar-refractivity contribution in [3.05, 3.63) is 39.4 Å². The SMILES string of the molecule is Cl.N=c1cccnn1Cc1cnc(Cl)s1. The molecule has 0 aliphatic carbocycles. The third-order valence-electron chi connectivity index (χ3n) is 1.66. The summed E-state index contributed by atoms with van der Waals surface area (Å²) in [6.45, 7) is 0.546. The van der Waals surface area contributed by atoms with Crippen LogP contribution in [0.25, 0.3) is 0 Å². The monoisotopic (exact) mass is 262 g/mol. The highest BCUT2D eigenvalue weighted by molar-refractivity contribution is 7.15. The maximum Gasteiger partial charge on any atom is 0.183 e. The van der Waals surface area contributed by atoms with E-state index in [4.69, 9.17) is 17.0 Å². The van der Waals surface area contributed by atoms with E-state index >= 15 is 0 Å². The summed E-state index contributed by atoms with van der Waals surface area (Å²) < 4.78 is 2.10. The van der Waals surface area contributed by atoms with Gasteiger partial charge in [-0.3, -0.25) is 5.41 Å². The number of aromatic nitrogens is 3. The lowest BCUT2D eigenvalue weighted by Crippen LogP contribution is -2.21. The van der Waals surface area contributed by atoms with Gasteiger partial charge in [-0.25, -0.2) is 9.67 Å². The summed E-state index contributed by atoms with van der Waals surface area (Å²) in [5, 5.41) is 11.6. The van der Waals surface area contributed by atoms with E-state index in [1.54, 1.807) is 29.2 Å². The van der Waals surface area contributed by atoms with E-state index in [2.05, 4.69) is 10.1 Å². The van der Waals surface area contributed by atoms with Crippen molar-refractivity contribution in [1.29, 1.82) is 5.41 Å². The molecular weight excluding hydrogens is 255 g/mol. The summed E-state index contributed by atoms with van der Waals surface area (Å²) in [7, 11) is 0. The van der Waals surface area contributed by atoms with E-state index in [0.717, 1.165) is 4.88 Å². The minimum Gasteiger partial charge on any atom is -0.283 e. The molecule has 0 atom stereocenters. The molecule has 2 heterocycles. The first-order valence-electron chi connectivity index (χ1n) is 3.92. The molecule has 0 bridgehead atoms. The van der Waals surface area contributed by atoms with Gasteiger partial charge in [-0.2, -0.15) is 5.10 Å². The van der Waals surface area contributed by atoms with Gasteiger partial charge < -0.3 is 0 Å². The van der Waals surface area contributed by atoms with E-state index in [-0.39, 0.29) is 12.4 Å². The lowest BCUT2D eigenvalue weighted by atomic mass is 10.5. The Labute approximate surface area is 101 Å². The Bertz CT molecular complexity index is 493. The second kappa shape index (κ2) is 5.25. The van der Waals surface area contributed by atoms with Gasteiger partial charge in [0.25, 0.3) is 0 Å². The van der Waals surface area contributed by atoms with Crippen molar-refractivity contribution >= 4 is 35.3 Å². The van der Waals surface area contributed by atoms with Gasteiger partial charge in [0.15, 0.2) is 4.47 Å². The lowest BCUT2D eigenvalue weighted by Gasteiger charge is -2.00. The number of hydrogen-bond acceptors (Lipinski definition) is 4. The quantitative estimate of drug-likeness (QED) is 0.900. The highest BCUT2D eigenvalue weighted by Gasteiger charge is 2.00. The van der Waals surface area contributed by atoms with Crippen LogP contribution in [0.15, 0.2) is 24.5 Å². The zero-order valence-corrected chi connectivity index (χ0v) is 9.94. The molecule has 0 spiro atoms. The van der Waals surface area contributed by atoms with Gasteiger partial charge in [0.2, 0.25) is 0 Å². The summed E-state index contributed by atoms with van der Waals surface area (Å²) in [6.07, 6.45) is 3.36. The van der Waals surface area contributed by atoms with E-state index < -0.39 is 0 Å². The van der Waals surface area contributed by atoms with E-state index in [0.29, 0.717) is 16.5 Å². The Kier molecular flexibility index (Phi) is 4.26. The van der Waals surface area contributed by atoms with Gasteiger partial charge in [-0.05, 0) is 12.1 Å². The zero-order chi connectivity index (χ0) is 9.97. The molecule has 0 aliphatic heterocycles. The van der Waals surface area contributed by atoms with Crippen molar-refractivity contribution in [2.45, 2.75) is 6.54 Å². The maximum absolute atomic E-state index is 7.58. The van der Waals surface area contributed by atoms with Crippen molar-refractivity contribution in [3.8, 4) is 0 Å². The third-order valence-corrected chi connectivity index (χ3v) is 2.75. The average molecular weight is 263 g/mol. The molecule has 2 aromatic rings. The van der Waals surface area contributed by atoms with Crippen LogP contribution in [0.4, 0.5) is 0 Å². The molecule has 2 rings (SSSR count). The zero-order valence-electron chi connectivity index (χ0n) is 7.55. The van der Waals surface area contributed by atoms with Crippen molar-refractivity contribution in [3.63, 3.8) is 0 Å². The standard InChI is InChI=1S/C8H7ClN4S.ClH/c9-8-11-4-6(14-8)5-13-7(10)2-1-3-12-13;/h1-4,10H,5H2;1H. The van der Waals surface area contributed by atoms with Gasteiger partial charge in [0.1, 0.15) is 5.49 Å². The second-order valence-electron chi connectivity index (χ2n) is 2.65. The van der Waals surface area contributed by atoms with Crippen LogP contribution in [-0.2, 0) is 6.54 Å². The molecule has 15 heavy (non-hydrogen) atoms. The van der Waals surface area contributed by atoms with Crippen LogP contribution in [0.1, 0.15) is 4.88 Å². The van der Waals surface area contributed by atoms with Crippen LogP contribution in [-0.4, -0.2) is 14.8 Å². The Morgan fingerprint density at radius 3 is 2.93 bits per heavy atom. The van der Waals surface area contributed by atoms with Crippen LogP contribution < -0.4 is 5.49 Å². The molecule has 0 aromatic carbocycles. The molecule has 0 aliphatic rings. The maximum atomic E-state index is 7.58. The lowest BCUT2D eigenvalue weighted by molar-refractivity contribution is 0.624. The average Bonchev–Trinajstić information content (AvgIpc) is 2.56. The van der Waals surface area contributed by atoms with Crippen LogP contribution in [0.5, 0.6) is 0 Å². The van der Waals surface area contributed by atoms with Crippen LogP contribution in [0.2, 0.25) is 4.47 Å². The topological polar surface area (TPSA) is 54.6 Å². The molecule has 0 radical (unpaired) electrons. The van der Waals surface area contributed by atoms with Gasteiger partial charge in [0, 0.05) is 17.3 Å². The number of halogens is 2. The molecule has 4 nitrogen and oxygen atoms in total. The highest BCUT2D eigenvalue weighted by atomic mass is 35.5. The Balaban J connectivity index is 0.00000112. The largest absolute Gasteiger partial charge is 0.283 e. The minimum absolute atomic E-state index is 0. The molecule has 0 saturated carbocycles. The summed E-state index contributed by atoms with van der Waals surface area (Å²) in [5.74, 6) is 0. The molecule has 7 heteroatoms. The summed E-state index contributed by atoms with van der Waals surface area (Å²) >= 11 is 7.10. The molecule has 0 fully saturated rings. The predicted octanol–water partition coefficient (Wildman–Crippen LogP) is 1.94. The normalized spacial score (nSPS) is 9.67. The van der Waals surface area contributed by atoms with E-state index in [9.17, 15) is 0 Å². The minimum atomic E-state index is 0. The number of rotatable bonds is 2. The van der Waals surface area contributed by atoms with E-state index in [1.165, 1.54) is 11.3 Å². The molecule has 0 amide bonds. The number of nitrogens with zero attached hydrogens (tertiary/aromatic N) is 3. The number of thiazole rings is 1. The Morgan fingerprint density at radius 1 is 1.53 bits per heavy atom. The van der Waals surface area contributed by atoms with Crippen LogP contribution >= 0.6 is 35.3 Å². The second-order valence-corrected chi connectivity index (χ2v) is 4.34. The van der Waals surface area contributed by atoms with Crippen molar-refractivity contribution in [2.24, 2.45) is 0 Å². The summed E-state index contributed by atoms with van der Waals surface area (Å²) in [4.78, 5) is 4.92. The Hall–Kier alpha value is -0.910. The van der Waals surface area contributed by atoms with Gasteiger partial charge in [-0.1, -0.05) is 11.6 Å². The first kappa shape index (κ1) is 12.2. The first-order valence-corrected chi connectivity index (χ1v) is 5.12. The van der Waals surface area contributed by atoms with Crippen molar-refractivity contribution in [2.75, 3.05) is 0 Å². The highest BCUT2D eigenvalue weighted by Crippen LogP contribution is 2.17. The fraction of sp³-hybridized carbons (Fsp3) is 0.125. The number of hydrogen-bond donors (Lipinski definition) is 1.